The minimum atomic E-state index is -0.124. The highest BCUT2D eigenvalue weighted by Crippen LogP contribution is 2.22. The van der Waals surface area contributed by atoms with Gasteiger partial charge in [0.25, 0.3) is 0 Å². The zero-order chi connectivity index (χ0) is 11.0. The van der Waals surface area contributed by atoms with Gasteiger partial charge in [-0.2, -0.15) is 0 Å². The van der Waals surface area contributed by atoms with Crippen molar-refractivity contribution in [2.45, 2.75) is 13.3 Å². The molecule has 2 aromatic rings. The van der Waals surface area contributed by atoms with Crippen molar-refractivity contribution in [1.29, 1.82) is 0 Å². The molecule has 0 aliphatic heterocycles. The van der Waals surface area contributed by atoms with Crippen LogP contribution < -0.4 is 5.43 Å². The fraction of sp³-hybridized carbons (Fsp3) is 0.182. The van der Waals surface area contributed by atoms with Crippen LogP contribution in [0.2, 0.25) is 5.02 Å². The van der Waals surface area contributed by atoms with Crippen LogP contribution in [-0.2, 0) is 6.42 Å². The lowest BCUT2D eigenvalue weighted by Crippen LogP contribution is -2.04. The van der Waals surface area contributed by atoms with Crippen molar-refractivity contribution in [2.75, 3.05) is 0 Å². The highest BCUT2D eigenvalue weighted by atomic mass is 79.9. The van der Waals surface area contributed by atoms with Gasteiger partial charge in [-0.25, -0.2) is 0 Å². The minimum absolute atomic E-state index is 0.124. The van der Waals surface area contributed by atoms with E-state index in [9.17, 15) is 4.79 Å². The molecule has 0 aliphatic rings. The molecule has 1 aromatic carbocycles. The molecule has 1 aromatic heterocycles. The molecule has 0 saturated heterocycles. The molecular weight excluding hydrogens is 277 g/mol. The number of H-pyrrole nitrogens is 1. The summed E-state index contributed by atoms with van der Waals surface area (Å²) < 4.78 is 0.902. The number of nitrogens with one attached hydrogen (secondary N) is 1. The number of hydrogen-bond donors (Lipinski definition) is 1. The van der Waals surface area contributed by atoms with Crippen LogP contribution in [0.1, 0.15) is 12.5 Å². The van der Waals surface area contributed by atoms with Crippen molar-refractivity contribution in [3.63, 3.8) is 0 Å². The fourth-order valence-electron chi connectivity index (χ4n) is 1.62. The van der Waals surface area contributed by atoms with Crippen molar-refractivity contribution in [1.82, 2.24) is 4.98 Å². The summed E-state index contributed by atoms with van der Waals surface area (Å²) in [5, 5.41) is 0.858. The molecule has 2 nitrogen and oxygen atoms in total. The predicted molar refractivity (Wildman–Crippen MR) is 66.7 cm³/mol. The van der Waals surface area contributed by atoms with Crippen LogP contribution in [0.25, 0.3) is 10.9 Å². The van der Waals surface area contributed by atoms with E-state index in [1.165, 1.54) is 0 Å². The van der Waals surface area contributed by atoms with E-state index in [1.54, 1.807) is 12.3 Å². The van der Waals surface area contributed by atoms with Gasteiger partial charge in [0.1, 0.15) is 5.02 Å². The average Bonchev–Trinajstić information content (AvgIpc) is 2.23. The van der Waals surface area contributed by atoms with Crippen molar-refractivity contribution >= 4 is 38.4 Å². The molecule has 0 unspecified atom stereocenters. The van der Waals surface area contributed by atoms with Gasteiger partial charge in [0.05, 0.1) is 5.52 Å². The van der Waals surface area contributed by atoms with E-state index in [1.807, 2.05) is 13.0 Å². The van der Waals surface area contributed by atoms with E-state index in [2.05, 4.69) is 20.9 Å². The first kappa shape index (κ1) is 10.7. The van der Waals surface area contributed by atoms with Gasteiger partial charge >= 0.3 is 0 Å². The largest absolute Gasteiger partial charge is 0.359 e. The van der Waals surface area contributed by atoms with Crippen LogP contribution in [0.4, 0.5) is 0 Å². The molecule has 15 heavy (non-hydrogen) atoms. The Bertz CT molecular complexity index is 577. The molecule has 78 valence electrons. The van der Waals surface area contributed by atoms with Gasteiger partial charge < -0.3 is 4.98 Å². The first-order valence-corrected chi connectivity index (χ1v) is 5.80. The summed E-state index contributed by atoms with van der Waals surface area (Å²) in [6.45, 7) is 2.05. The number of hydrogen-bond acceptors (Lipinski definition) is 1. The molecule has 0 aliphatic carbocycles. The van der Waals surface area contributed by atoms with Gasteiger partial charge in [0.2, 0.25) is 5.43 Å². The van der Waals surface area contributed by atoms with Gasteiger partial charge in [-0.05, 0) is 24.1 Å². The molecule has 0 amide bonds. The Balaban J connectivity index is 2.96. The third-order valence-electron chi connectivity index (χ3n) is 2.37. The summed E-state index contributed by atoms with van der Waals surface area (Å²) in [5.74, 6) is 0. The summed E-state index contributed by atoms with van der Waals surface area (Å²) in [6.07, 6.45) is 2.41. The Morgan fingerprint density at radius 1 is 1.47 bits per heavy atom. The van der Waals surface area contributed by atoms with E-state index >= 15 is 0 Å². The smallest absolute Gasteiger partial charge is 0.207 e. The highest BCUT2D eigenvalue weighted by Gasteiger charge is 2.07. The van der Waals surface area contributed by atoms with Gasteiger partial charge in [-0.1, -0.05) is 34.5 Å². The number of aromatic nitrogens is 1. The van der Waals surface area contributed by atoms with Crippen LogP contribution in [0.5, 0.6) is 0 Å². The van der Waals surface area contributed by atoms with Crippen molar-refractivity contribution < 1.29 is 0 Å². The minimum Gasteiger partial charge on any atom is -0.359 e. The standard InChI is InChI=1S/C11H9BrClNO/c1-2-6-3-7(12)4-8-10(6)14-5-9(13)11(8)15/h3-5H,2H2,1H3,(H,14,15). The number of halogens is 2. The lowest BCUT2D eigenvalue weighted by Gasteiger charge is -2.05. The van der Waals surface area contributed by atoms with E-state index < -0.39 is 0 Å². The van der Waals surface area contributed by atoms with Crippen molar-refractivity contribution in [3.05, 3.63) is 43.6 Å². The highest BCUT2D eigenvalue weighted by molar-refractivity contribution is 9.10. The Morgan fingerprint density at radius 3 is 2.87 bits per heavy atom. The summed E-state index contributed by atoms with van der Waals surface area (Å²) in [7, 11) is 0. The van der Waals surface area contributed by atoms with Crippen LogP contribution >= 0.6 is 27.5 Å². The first-order valence-electron chi connectivity index (χ1n) is 4.62. The molecule has 0 bridgehead atoms. The van der Waals surface area contributed by atoms with E-state index in [0.717, 1.165) is 22.0 Å². The lowest BCUT2D eigenvalue weighted by molar-refractivity contribution is 1.14. The van der Waals surface area contributed by atoms with Crippen LogP contribution in [0.3, 0.4) is 0 Å². The summed E-state index contributed by atoms with van der Waals surface area (Å²) in [6, 6.07) is 3.80. The van der Waals surface area contributed by atoms with E-state index in [0.29, 0.717) is 5.39 Å². The molecule has 0 saturated carbocycles. The molecule has 0 atom stereocenters. The van der Waals surface area contributed by atoms with Gasteiger partial charge in [-0.3, -0.25) is 4.79 Å². The van der Waals surface area contributed by atoms with Gasteiger partial charge in [-0.15, -0.1) is 0 Å². The second-order valence-corrected chi connectivity index (χ2v) is 4.63. The normalized spacial score (nSPS) is 10.9. The molecule has 2 rings (SSSR count). The quantitative estimate of drug-likeness (QED) is 0.855. The molecule has 1 N–H and O–H groups in total. The van der Waals surface area contributed by atoms with Gasteiger partial charge in [0, 0.05) is 16.1 Å². The zero-order valence-electron chi connectivity index (χ0n) is 8.10. The fourth-order valence-corrected chi connectivity index (χ4v) is 2.28. The lowest BCUT2D eigenvalue weighted by atomic mass is 10.1. The third-order valence-corrected chi connectivity index (χ3v) is 3.11. The number of benzene rings is 1. The zero-order valence-corrected chi connectivity index (χ0v) is 10.4. The second kappa shape index (κ2) is 3.99. The monoisotopic (exact) mass is 285 g/mol. The Hall–Kier alpha value is -0.800. The second-order valence-electron chi connectivity index (χ2n) is 3.31. The third kappa shape index (κ3) is 1.82. The maximum absolute atomic E-state index is 11.8. The van der Waals surface area contributed by atoms with Crippen LogP contribution in [0, 0.1) is 0 Å². The number of fused-ring (bicyclic) bond motifs is 1. The van der Waals surface area contributed by atoms with Crippen LogP contribution in [0.15, 0.2) is 27.6 Å². The van der Waals surface area contributed by atoms with Crippen molar-refractivity contribution in [2.24, 2.45) is 0 Å². The summed E-state index contributed by atoms with van der Waals surface area (Å²) in [5.41, 5.74) is 1.85. The van der Waals surface area contributed by atoms with Crippen LogP contribution in [-0.4, -0.2) is 4.98 Å². The predicted octanol–water partition coefficient (Wildman–Crippen LogP) is 3.51. The maximum atomic E-state index is 11.8. The number of aromatic amines is 1. The average molecular weight is 287 g/mol. The van der Waals surface area contributed by atoms with Gasteiger partial charge in [0.15, 0.2) is 0 Å². The molecule has 4 heteroatoms. The summed E-state index contributed by atoms with van der Waals surface area (Å²) in [4.78, 5) is 14.8. The topological polar surface area (TPSA) is 32.9 Å². The molecule has 0 fully saturated rings. The molecule has 1 heterocycles. The molecular formula is C11H9BrClNO. The van der Waals surface area contributed by atoms with Crippen molar-refractivity contribution in [3.8, 4) is 0 Å². The Morgan fingerprint density at radius 2 is 2.20 bits per heavy atom. The summed E-state index contributed by atoms with van der Waals surface area (Å²) >= 11 is 9.16. The number of rotatable bonds is 1. The Kier molecular flexibility index (Phi) is 2.85. The maximum Gasteiger partial charge on any atom is 0.207 e. The SMILES string of the molecule is CCc1cc(Br)cc2c(=O)c(Cl)c[nH]c12. The number of aryl methyl sites for hydroxylation is 1. The number of pyridine rings is 1. The Labute approximate surface area is 100 Å². The first-order chi connectivity index (χ1) is 7.13. The molecule has 0 radical (unpaired) electrons. The molecule has 0 spiro atoms. The van der Waals surface area contributed by atoms with E-state index in [-0.39, 0.29) is 10.5 Å². The van der Waals surface area contributed by atoms with E-state index in [4.69, 9.17) is 11.6 Å².